The predicted molar refractivity (Wildman–Crippen MR) is 73.9 cm³/mol. The van der Waals surface area contributed by atoms with E-state index in [-0.39, 0.29) is 5.78 Å². The SMILES string of the molecule is CC(=O)c1cncc(-c2cnc(CC(C)C)s2)c1. The number of aromatic nitrogens is 2. The highest BCUT2D eigenvalue weighted by Crippen LogP contribution is 2.27. The fraction of sp³-hybridized carbons (Fsp3) is 0.357. The first kappa shape index (κ1) is 12.9. The van der Waals surface area contributed by atoms with Gasteiger partial charge in [0, 0.05) is 36.1 Å². The van der Waals surface area contributed by atoms with Crippen molar-refractivity contribution < 1.29 is 4.79 Å². The average Bonchev–Trinajstić information content (AvgIpc) is 2.77. The Bertz CT molecular complexity index is 560. The molecule has 3 nitrogen and oxygen atoms in total. The molecule has 2 aromatic rings. The first-order chi connectivity index (χ1) is 8.56. The number of rotatable bonds is 4. The highest BCUT2D eigenvalue weighted by Gasteiger charge is 2.08. The summed E-state index contributed by atoms with van der Waals surface area (Å²) in [5, 5.41) is 1.13. The lowest BCUT2D eigenvalue weighted by Crippen LogP contribution is -1.93. The third kappa shape index (κ3) is 3.01. The van der Waals surface area contributed by atoms with Gasteiger partial charge in [0.2, 0.25) is 0 Å². The fourth-order valence-corrected chi connectivity index (χ4v) is 2.77. The molecule has 0 aliphatic rings. The number of thiazole rings is 1. The van der Waals surface area contributed by atoms with E-state index in [1.807, 2.05) is 12.3 Å². The molecule has 0 aliphatic heterocycles. The van der Waals surface area contributed by atoms with Crippen LogP contribution >= 0.6 is 11.3 Å². The summed E-state index contributed by atoms with van der Waals surface area (Å²) in [5.41, 5.74) is 1.61. The van der Waals surface area contributed by atoms with Gasteiger partial charge in [-0.25, -0.2) is 4.98 Å². The average molecular weight is 260 g/mol. The minimum atomic E-state index is 0.0382. The molecule has 18 heavy (non-hydrogen) atoms. The molecule has 0 saturated heterocycles. The largest absolute Gasteiger partial charge is 0.294 e. The Morgan fingerprint density at radius 2 is 2.11 bits per heavy atom. The summed E-state index contributed by atoms with van der Waals surface area (Å²) in [6.07, 6.45) is 6.23. The highest BCUT2D eigenvalue weighted by molar-refractivity contribution is 7.15. The van der Waals surface area contributed by atoms with Gasteiger partial charge < -0.3 is 0 Å². The molecular weight excluding hydrogens is 244 g/mol. The summed E-state index contributed by atoms with van der Waals surface area (Å²) in [6, 6.07) is 1.88. The molecule has 0 saturated carbocycles. The number of Topliss-reactive ketones (excluding diaryl/α,β-unsaturated/α-hetero) is 1. The molecule has 0 aliphatic carbocycles. The number of pyridine rings is 1. The molecule has 0 aromatic carbocycles. The number of hydrogen-bond donors (Lipinski definition) is 0. The standard InChI is InChI=1S/C14H16N2OS/c1-9(2)4-14-16-8-13(18-14)12-5-11(10(3)17)6-15-7-12/h5-9H,4H2,1-3H3. The normalized spacial score (nSPS) is 10.9. The molecule has 0 amide bonds. The van der Waals surface area contributed by atoms with Crippen molar-refractivity contribution in [2.45, 2.75) is 27.2 Å². The van der Waals surface area contributed by atoms with Gasteiger partial charge >= 0.3 is 0 Å². The first-order valence-corrected chi connectivity index (χ1v) is 6.79. The zero-order valence-corrected chi connectivity index (χ0v) is 11.6. The zero-order chi connectivity index (χ0) is 13.1. The molecule has 0 N–H and O–H groups in total. The Hall–Kier alpha value is -1.55. The van der Waals surface area contributed by atoms with E-state index in [0.717, 1.165) is 21.9 Å². The van der Waals surface area contributed by atoms with Gasteiger partial charge in [-0.1, -0.05) is 13.8 Å². The molecule has 0 fully saturated rings. The lowest BCUT2D eigenvalue weighted by Gasteiger charge is -2.00. The Balaban J connectivity index is 2.28. The van der Waals surface area contributed by atoms with Gasteiger partial charge in [0.05, 0.1) is 9.88 Å². The van der Waals surface area contributed by atoms with Crippen LogP contribution in [-0.4, -0.2) is 15.8 Å². The van der Waals surface area contributed by atoms with E-state index < -0.39 is 0 Å². The van der Waals surface area contributed by atoms with Crippen LogP contribution in [0, 0.1) is 5.92 Å². The van der Waals surface area contributed by atoms with Crippen LogP contribution in [0.2, 0.25) is 0 Å². The molecule has 4 heteroatoms. The molecule has 94 valence electrons. The van der Waals surface area contributed by atoms with Gasteiger partial charge in [-0.05, 0) is 18.9 Å². The molecule has 0 atom stereocenters. The van der Waals surface area contributed by atoms with E-state index in [9.17, 15) is 4.79 Å². The van der Waals surface area contributed by atoms with Crippen LogP contribution < -0.4 is 0 Å². The van der Waals surface area contributed by atoms with Crippen molar-refractivity contribution in [3.8, 4) is 10.4 Å². The molecule has 0 spiro atoms. The summed E-state index contributed by atoms with van der Waals surface area (Å²) in [5.74, 6) is 0.641. The summed E-state index contributed by atoms with van der Waals surface area (Å²) in [7, 11) is 0. The van der Waals surface area contributed by atoms with Crippen molar-refractivity contribution in [1.29, 1.82) is 0 Å². The Morgan fingerprint density at radius 1 is 1.33 bits per heavy atom. The fourth-order valence-electron chi connectivity index (χ4n) is 1.65. The molecule has 2 aromatic heterocycles. The summed E-state index contributed by atoms with van der Waals surface area (Å²) in [4.78, 5) is 20.9. The van der Waals surface area contributed by atoms with Crippen LogP contribution in [0.25, 0.3) is 10.4 Å². The predicted octanol–water partition coefficient (Wildman–Crippen LogP) is 3.61. The third-order valence-corrected chi connectivity index (χ3v) is 3.63. The number of carbonyl (C=O) groups is 1. The van der Waals surface area contributed by atoms with E-state index in [2.05, 4.69) is 23.8 Å². The van der Waals surface area contributed by atoms with Crippen molar-refractivity contribution in [3.63, 3.8) is 0 Å². The van der Waals surface area contributed by atoms with Crippen molar-refractivity contribution >= 4 is 17.1 Å². The Labute approximate surface area is 111 Å². The minimum Gasteiger partial charge on any atom is -0.294 e. The van der Waals surface area contributed by atoms with Crippen LogP contribution in [0.15, 0.2) is 24.7 Å². The van der Waals surface area contributed by atoms with Gasteiger partial charge in [0.1, 0.15) is 0 Å². The quantitative estimate of drug-likeness (QED) is 0.789. The van der Waals surface area contributed by atoms with E-state index in [1.165, 1.54) is 0 Å². The lowest BCUT2D eigenvalue weighted by atomic mass is 10.1. The second kappa shape index (κ2) is 5.40. The van der Waals surface area contributed by atoms with Crippen molar-refractivity contribution in [2.75, 3.05) is 0 Å². The van der Waals surface area contributed by atoms with Crippen LogP contribution in [0.1, 0.15) is 36.1 Å². The Kier molecular flexibility index (Phi) is 3.87. The smallest absolute Gasteiger partial charge is 0.161 e. The van der Waals surface area contributed by atoms with E-state index in [1.54, 1.807) is 30.7 Å². The molecule has 0 bridgehead atoms. The van der Waals surface area contributed by atoms with Gasteiger partial charge in [-0.2, -0.15) is 0 Å². The summed E-state index contributed by atoms with van der Waals surface area (Å²) in [6.45, 7) is 5.91. The zero-order valence-electron chi connectivity index (χ0n) is 10.8. The number of ketones is 1. The van der Waals surface area contributed by atoms with Crippen LogP contribution in [0.5, 0.6) is 0 Å². The topological polar surface area (TPSA) is 42.9 Å². The third-order valence-electron chi connectivity index (χ3n) is 2.57. The van der Waals surface area contributed by atoms with E-state index in [4.69, 9.17) is 0 Å². The van der Waals surface area contributed by atoms with Crippen molar-refractivity contribution in [3.05, 3.63) is 35.2 Å². The maximum absolute atomic E-state index is 11.3. The maximum Gasteiger partial charge on any atom is 0.161 e. The van der Waals surface area contributed by atoms with E-state index >= 15 is 0 Å². The second-order valence-corrected chi connectivity index (χ2v) is 5.85. The van der Waals surface area contributed by atoms with Crippen LogP contribution in [-0.2, 0) is 6.42 Å². The van der Waals surface area contributed by atoms with Crippen LogP contribution in [0.3, 0.4) is 0 Å². The maximum atomic E-state index is 11.3. The minimum absolute atomic E-state index is 0.0382. The summed E-state index contributed by atoms with van der Waals surface area (Å²) < 4.78 is 0. The van der Waals surface area contributed by atoms with Crippen molar-refractivity contribution in [2.24, 2.45) is 5.92 Å². The van der Waals surface area contributed by atoms with Gasteiger partial charge in [-0.3, -0.25) is 9.78 Å². The number of nitrogens with zero attached hydrogens (tertiary/aromatic N) is 2. The van der Waals surface area contributed by atoms with Crippen molar-refractivity contribution in [1.82, 2.24) is 9.97 Å². The highest BCUT2D eigenvalue weighted by atomic mass is 32.1. The first-order valence-electron chi connectivity index (χ1n) is 5.97. The van der Waals surface area contributed by atoms with Crippen LogP contribution in [0.4, 0.5) is 0 Å². The Morgan fingerprint density at radius 3 is 2.78 bits per heavy atom. The number of carbonyl (C=O) groups excluding carboxylic acids is 1. The van der Waals surface area contributed by atoms with Gasteiger partial charge in [-0.15, -0.1) is 11.3 Å². The summed E-state index contributed by atoms with van der Waals surface area (Å²) >= 11 is 1.67. The molecular formula is C14H16N2OS. The monoisotopic (exact) mass is 260 g/mol. The molecule has 2 heterocycles. The molecule has 0 unspecified atom stereocenters. The lowest BCUT2D eigenvalue weighted by molar-refractivity contribution is 0.101. The molecule has 2 rings (SSSR count). The second-order valence-electron chi connectivity index (χ2n) is 4.73. The van der Waals surface area contributed by atoms with Gasteiger partial charge in [0.25, 0.3) is 0 Å². The number of hydrogen-bond acceptors (Lipinski definition) is 4. The molecule has 0 radical (unpaired) electrons. The van der Waals surface area contributed by atoms with Gasteiger partial charge in [0.15, 0.2) is 5.78 Å². The van der Waals surface area contributed by atoms with E-state index in [0.29, 0.717) is 11.5 Å².